The normalized spacial score (nSPS) is 11.2. The number of benzene rings is 3. The summed E-state index contributed by atoms with van der Waals surface area (Å²) in [5, 5.41) is 18.6. The Labute approximate surface area is 189 Å². The molecule has 1 aromatic heterocycles. The Morgan fingerprint density at radius 2 is 1.67 bits per heavy atom. The van der Waals surface area contributed by atoms with Crippen LogP contribution in [0.4, 0.5) is 16.2 Å². The summed E-state index contributed by atoms with van der Waals surface area (Å²) in [6.07, 6.45) is 0. The number of rotatable bonds is 6. The number of carbonyl (C=O) groups is 1. The standard InChI is InChI=1S/C22H21N5O5S/c1-31-18-7-4-8-19(32-2)21(18)25-22(28)24-14-9-10-17-16(12-14)20(27-26-17)13-5-3-6-15(11-13)33(23,29)30/h3-12H,1-2H3,(H,26,27)(H2,23,29,30)(H2,24,25,28). The van der Waals surface area contributed by atoms with Crippen molar-refractivity contribution in [2.45, 2.75) is 4.90 Å². The van der Waals surface area contributed by atoms with Crippen molar-refractivity contribution < 1.29 is 22.7 Å². The highest BCUT2D eigenvalue weighted by atomic mass is 32.2. The van der Waals surface area contributed by atoms with E-state index >= 15 is 0 Å². The summed E-state index contributed by atoms with van der Waals surface area (Å²) in [7, 11) is -0.865. The lowest BCUT2D eigenvalue weighted by Crippen LogP contribution is -2.20. The molecular formula is C22H21N5O5S. The summed E-state index contributed by atoms with van der Waals surface area (Å²) in [6, 6.07) is 16.0. The minimum absolute atomic E-state index is 0.0180. The topological polar surface area (TPSA) is 148 Å². The molecule has 0 bridgehead atoms. The predicted octanol–water partition coefficient (Wildman–Crippen LogP) is 3.54. The molecule has 0 unspecified atom stereocenters. The molecule has 5 N–H and O–H groups in total. The van der Waals surface area contributed by atoms with Gasteiger partial charge in [0.1, 0.15) is 22.9 Å². The second kappa shape index (κ2) is 8.81. The number of aromatic amines is 1. The summed E-state index contributed by atoms with van der Waals surface area (Å²) in [6.45, 7) is 0. The highest BCUT2D eigenvalue weighted by Gasteiger charge is 2.16. The summed E-state index contributed by atoms with van der Waals surface area (Å²) in [4.78, 5) is 12.6. The van der Waals surface area contributed by atoms with Gasteiger partial charge in [0.25, 0.3) is 0 Å². The van der Waals surface area contributed by atoms with Gasteiger partial charge in [-0.15, -0.1) is 0 Å². The van der Waals surface area contributed by atoms with Crippen LogP contribution in [0.1, 0.15) is 0 Å². The van der Waals surface area contributed by atoms with E-state index in [1.165, 1.54) is 26.4 Å². The number of ether oxygens (including phenoxy) is 2. The molecule has 10 nitrogen and oxygen atoms in total. The summed E-state index contributed by atoms with van der Waals surface area (Å²) in [5.74, 6) is 0.902. The van der Waals surface area contributed by atoms with Gasteiger partial charge >= 0.3 is 6.03 Å². The fourth-order valence-electron chi connectivity index (χ4n) is 3.38. The van der Waals surface area contributed by atoms with Gasteiger partial charge in [-0.1, -0.05) is 18.2 Å². The molecule has 3 aromatic carbocycles. The van der Waals surface area contributed by atoms with Crippen LogP contribution in [0, 0.1) is 0 Å². The van der Waals surface area contributed by atoms with E-state index in [1.807, 2.05) is 0 Å². The van der Waals surface area contributed by atoms with Crippen molar-refractivity contribution >= 4 is 38.3 Å². The smallest absolute Gasteiger partial charge is 0.323 e. The van der Waals surface area contributed by atoms with Crippen LogP contribution in [-0.4, -0.2) is 38.9 Å². The average Bonchev–Trinajstić information content (AvgIpc) is 3.22. The zero-order chi connectivity index (χ0) is 23.6. The first-order valence-electron chi connectivity index (χ1n) is 9.70. The number of sulfonamides is 1. The minimum atomic E-state index is -3.86. The molecule has 0 fully saturated rings. The molecular weight excluding hydrogens is 446 g/mol. The maximum Gasteiger partial charge on any atom is 0.323 e. The zero-order valence-corrected chi connectivity index (χ0v) is 18.6. The third-order valence-electron chi connectivity index (χ3n) is 4.92. The lowest BCUT2D eigenvalue weighted by Gasteiger charge is -2.14. The molecule has 0 aliphatic rings. The van der Waals surface area contributed by atoms with E-state index in [9.17, 15) is 13.2 Å². The van der Waals surface area contributed by atoms with Gasteiger partial charge in [-0.2, -0.15) is 5.10 Å². The fraction of sp³-hybridized carbons (Fsp3) is 0.0909. The number of anilines is 2. The maximum atomic E-state index is 12.7. The molecule has 33 heavy (non-hydrogen) atoms. The first-order chi connectivity index (χ1) is 15.8. The van der Waals surface area contributed by atoms with Gasteiger partial charge in [-0.05, 0) is 42.5 Å². The van der Waals surface area contributed by atoms with Crippen LogP contribution in [0.25, 0.3) is 22.2 Å². The number of amides is 2. The number of primary sulfonamides is 1. The molecule has 0 radical (unpaired) electrons. The van der Waals surface area contributed by atoms with Gasteiger partial charge in [-0.3, -0.25) is 5.10 Å². The average molecular weight is 468 g/mol. The second-order valence-electron chi connectivity index (χ2n) is 7.02. The SMILES string of the molecule is COc1cccc(OC)c1NC(=O)Nc1ccc2[nH]nc(-c3cccc(S(N)(=O)=O)c3)c2c1. The summed E-state index contributed by atoms with van der Waals surface area (Å²) < 4.78 is 34.0. The second-order valence-corrected chi connectivity index (χ2v) is 8.58. The lowest BCUT2D eigenvalue weighted by atomic mass is 10.1. The number of nitrogens with one attached hydrogen (secondary N) is 3. The highest BCUT2D eigenvalue weighted by molar-refractivity contribution is 7.89. The predicted molar refractivity (Wildman–Crippen MR) is 125 cm³/mol. The van der Waals surface area contributed by atoms with Crippen LogP contribution in [0.2, 0.25) is 0 Å². The molecule has 1 heterocycles. The number of hydrogen-bond acceptors (Lipinski definition) is 6. The summed E-state index contributed by atoms with van der Waals surface area (Å²) in [5.41, 5.74) is 2.69. The van der Waals surface area contributed by atoms with Gasteiger partial charge in [0.2, 0.25) is 10.0 Å². The first-order valence-corrected chi connectivity index (χ1v) is 11.2. The Morgan fingerprint density at radius 3 is 2.33 bits per heavy atom. The van der Waals surface area contributed by atoms with Crippen molar-refractivity contribution in [3.8, 4) is 22.8 Å². The number of fused-ring (bicyclic) bond motifs is 1. The Morgan fingerprint density at radius 1 is 0.970 bits per heavy atom. The number of nitrogens with two attached hydrogens (primary N) is 1. The van der Waals surface area contributed by atoms with Crippen molar-refractivity contribution in [3.63, 3.8) is 0 Å². The van der Waals surface area contributed by atoms with Gasteiger partial charge in [-0.25, -0.2) is 18.4 Å². The van der Waals surface area contributed by atoms with Gasteiger partial charge in [0, 0.05) is 16.6 Å². The number of hydrogen-bond donors (Lipinski definition) is 4. The van der Waals surface area contributed by atoms with E-state index in [4.69, 9.17) is 14.6 Å². The van der Waals surface area contributed by atoms with Crippen molar-refractivity contribution in [1.82, 2.24) is 10.2 Å². The molecule has 4 aromatic rings. The Kier molecular flexibility index (Phi) is 5.90. The molecule has 0 aliphatic carbocycles. The molecule has 0 saturated carbocycles. The summed E-state index contributed by atoms with van der Waals surface area (Å²) >= 11 is 0. The van der Waals surface area contributed by atoms with E-state index in [2.05, 4.69) is 20.8 Å². The van der Waals surface area contributed by atoms with Crippen LogP contribution in [-0.2, 0) is 10.0 Å². The molecule has 2 amide bonds. The van der Waals surface area contributed by atoms with E-state index in [0.29, 0.717) is 45.0 Å². The number of H-pyrrole nitrogens is 1. The molecule has 11 heteroatoms. The van der Waals surface area contributed by atoms with Crippen LogP contribution < -0.4 is 25.2 Å². The fourth-order valence-corrected chi connectivity index (χ4v) is 3.94. The third-order valence-corrected chi connectivity index (χ3v) is 5.83. The van der Waals surface area contributed by atoms with Crippen molar-refractivity contribution in [2.75, 3.05) is 24.9 Å². The number of aromatic nitrogens is 2. The van der Waals surface area contributed by atoms with Gasteiger partial charge in [0.05, 0.1) is 24.6 Å². The van der Waals surface area contributed by atoms with Gasteiger partial charge < -0.3 is 20.1 Å². The minimum Gasteiger partial charge on any atom is -0.494 e. The molecule has 0 saturated heterocycles. The van der Waals surface area contributed by atoms with E-state index in [-0.39, 0.29) is 4.90 Å². The number of carbonyl (C=O) groups excluding carboxylic acids is 1. The zero-order valence-electron chi connectivity index (χ0n) is 17.7. The Hall–Kier alpha value is -4.09. The molecule has 0 aliphatic heterocycles. The highest BCUT2D eigenvalue weighted by Crippen LogP contribution is 2.34. The molecule has 0 spiro atoms. The largest absolute Gasteiger partial charge is 0.494 e. The van der Waals surface area contributed by atoms with E-state index < -0.39 is 16.1 Å². The quantitative estimate of drug-likeness (QED) is 0.341. The molecule has 170 valence electrons. The van der Waals surface area contributed by atoms with Gasteiger partial charge in [0.15, 0.2) is 0 Å². The van der Waals surface area contributed by atoms with Crippen molar-refractivity contribution in [3.05, 3.63) is 60.7 Å². The lowest BCUT2D eigenvalue weighted by molar-refractivity contribution is 0.262. The van der Waals surface area contributed by atoms with E-state index in [1.54, 1.807) is 48.5 Å². The van der Waals surface area contributed by atoms with Crippen molar-refractivity contribution in [1.29, 1.82) is 0 Å². The first kappa shape index (κ1) is 22.1. The van der Waals surface area contributed by atoms with Crippen LogP contribution in [0.3, 0.4) is 0 Å². The number of urea groups is 1. The molecule has 0 atom stereocenters. The maximum absolute atomic E-state index is 12.7. The van der Waals surface area contributed by atoms with Crippen LogP contribution >= 0.6 is 0 Å². The number of para-hydroxylation sites is 1. The molecule has 4 rings (SSSR count). The van der Waals surface area contributed by atoms with Crippen LogP contribution in [0.15, 0.2) is 65.6 Å². The Bertz CT molecular complexity index is 1430. The third kappa shape index (κ3) is 4.59. The van der Waals surface area contributed by atoms with Crippen molar-refractivity contribution in [2.24, 2.45) is 5.14 Å². The monoisotopic (exact) mass is 467 g/mol. The number of methoxy groups -OCH3 is 2. The Balaban J connectivity index is 1.63. The van der Waals surface area contributed by atoms with E-state index in [0.717, 1.165) is 0 Å². The van der Waals surface area contributed by atoms with Crippen LogP contribution in [0.5, 0.6) is 11.5 Å². The number of nitrogens with zero attached hydrogens (tertiary/aromatic N) is 1.